The van der Waals surface area contributed by atoms with E-state index in [2.05, 4.69) is 4.98 Å². The number of hydrogen-bond donors (Lipinski definition) is 6. The summed E-state index contributed by atoms with van der Waals surface area (Å²) < 4.78 is 0. The van der Waals surface area contributed by atoms with Crippen LogP contribution in [0, 0.1) is 0 Å². The highest BCUT2D eigenvalue weighted by Crippen LogP contribution is 2.19. The number of aromatic nitrogens is 1. The van der Waals surface area contributed by atoms with Crippen molar-refractivity contribution in [1.29, 1.82) is 0 Å². The predicted molar refractivity (Wildman–Crippen MR) is 73.7 cm³/mol. The third-order valence-corrected chi connectivity index (χ3v) is 2.18. The van der Waals surface area contributed by atoms with Crippen LogP contribution >= 0.6 is 0 Å². The van der Waals surface area contributed by atoms with Crippen molar-refractivity contribution in [2.24, 2.45) is 0 Å². The smallest absolute Gasteiger partial charge is 0.402 e. The second-order valence-corrected chi connectivity index (χ2v) is 4.72. The summed E-state index contributed by atoms with van der Waals surface area (Å²) in [5.74, 6) is 0.572. The van der Waals surface area contributed by atoms with Crippen LogP contribution in [0.25, 0.3) is 0 Å². The van der Waals surface area contributed by atoms with Gasteiger partial charge in [-0.05, 0) is 39.8 Å². The Kier molecular flexibility index (Phi) is 9.37. The van der Waals surface area contributed by atoms with Gasteiger partial charge in [-0.15, -0.1) is 0 Å². The molecule has 0 fully saturated rings. The fourth-order valence-electron chi connectivity index (χ4n) is 0.376. The van der Waals surface area contributed by atoms with Gasteiger partial charge in [0.15, 0.2) is 0 Å². The van der Waals surface area contributed by atoms with Crippen LogP contribution < -0.4 is 5.73 Å². The molecule has 110 valence electrons. The number of rotatable bonds is 1. The van der Waals surface area contributed by atoms with Gasteiger partial charge >= 0.3 is 7.32 Å². The largest absolute Gasteiger partial charge is 0.631 e. The summed E-state index contributed by atoms with van der Waals surface area (Å²) in [6.45, 7) is 6.31. The molecule has 0 unspecified atom stereocenters. The van der Waals surface area contributed by atoms with Crippen LogP contribution in [0.15, 0.2) is 24.4 Å². The fourth-order valence-corrected chi connectivity index (χ4v) is 0.376. The Morgan fingerprint density at radius 2 is 1.37 bits per heavy atom. The molecule has 1 aromatic heterocycles. The topological polar surface area (TPSA) is 140 Å². The lowest BCUT2D eigenvalue weighted by Crippen LogP contribution is -2.44. The first kappa shape index (κ1) is 20.1. The van der Waals surface area contributed by atoms with Gasteiger partial charge in [0.2, 0.25) is 0 Å². The Labute approximate surface area is 113 Å². The first-order chi connectivity index (χ1) is 8.38. The maximum absolute atomic E-state index is 9.10. The van der Waals surface area contributed by atoms with E-state index in [-0.39, 0.29) is 0 Å². The Hall–Kier alpha value is -1.19. The van der Waals surface area contributed by atoms with Crippen molar-refractivity contribution in [2.45, 2.75) is 38.9 Å². The van der Waals surface area contributed by atoms with Gasteiger partial charge in [0.05, 0.1) is 11.2 Å². The molecule has 0 saturated carbocycles. The third-order valence-electron chi connectivity index (χ3n) is 2.18. The number of nitrogen functional groups attached to an aromatic ring is 1. The molecular weight excluding hydrogens is 251 g/mol. The van der Waals surface area contributed by atoms with Crippen molar-refractivity contribution >= 4 is 13.1 Å². The Morgan fingerprint density at radius 3 is 1.47 bits per heavy atom. The minimum atomic E-state index is -2.17. The zero-order valence-electron chi connectivity index (χ0n) is 11.6. The van der Waals surface area contributed by atoms with E-state index in [9.17, 15) is 0 Å². The van der Waals surface area contributed by atoms with Crippen LogP contribution in [0.3, 0.4) is 0 Å². The molecule has 0 aliphatic rings. The van der Waals surface area contributed by atoms with Gasteiger partial charge in [0.1, 0.15) is 5.82 Å². The number of aliphatic hydroxyl groups is 2. The molecule has 0 saturated heterocycles. The molecule has 0 spiro atoms. The molecule has 7 N–H and O–H groups in total. The van der Waals surface area contributed by atoms with E-state index < -0.39 is 18.5 Å². The lowest BCUT2D eigenvalue weighted by atomic mass is 9.90. The summed E-state index contributed by atoms with van der Waals surface area (Å²) in [5.41, 5.74) is 3.23. The standard InChI is InChI=1S/C6H14O2.C5H6N2.BH3O3/c1-5(2,7)6(3,4)8;6-5-3-1-2-4-7-5;2-1(3)4/h7-8H,1-4H3;1-4H,(H2,6,7);2-4H. The predicted octanol–water partition coefficient (Wildman–Crippen LogP) is -0.860. The molecule has 0 amide bonds. The van der Waals surface area contributed by atoms with E-state index >= 15 is 0 Å². The highest BCUT2D eigenvalue weighted by Gasteiger charge is 2.31. The summed E-state index contributed by atoms with van der Waals surface area (Å²) >= 11 is 0. The van der Waals surface area contributed by atoms with Gasteiger partial charge < -0.3 is 31.0 Å². The number of anilines is 1. The molecule has 7 nitrogen and oxygen atoms in total. The van der Waals surface area contributed by atoms with Crippen LogP contribution in [0.1, 0.15) is 27.7 Å². The van der Waals surface area contributed by atoms with Crippen LogP contribution in [-0.2, 0) is 0 Å². The first-order valence-corrected chi connectivity index (χ1v) is 5.53. The van der Waals surface area contributed by atoms with Gasteiger partial charge in [-0.3, -0.25) is 0 Å². The monoisotopic (exact) mass is 274 g/mol. The van der Waals surface area contributed by atoms with Crippen LogP contribution in [-0.4, -0.2) is 48.8 Å². The van der Waals surface area contributed by atoms with Gasteiger partial charge in [-0.1, -0.05) is 6.07 Å². The van der Waals surface area contributed by atoms with E-state index in [0.29, 0.717) is 5.82 Å². The van der Waals surface area contributed by atoms with E-state index in [1.165, 1.54) is 0 Å². The highest BCUT2D eigenvalue weighted by molar-refractivity contribution is 6.30. The minimum absolute atomic E-state index is 0.572. The van der Waals surface area contributed by atoms with Crippen molar-refractivity contribution < 1.29 is 25.3 Å². The summed E-state index contributed by atoms with van der Waals surface area (Å²) in [6.07, 6.45) is 1.66. The summed E-state index contributed by atoms with van der Waals surface area (Å²) in [6, 6.07) is 5.43. The SMILES string of the molecule is CC(C)(O)C(C)(C)O.Nc1ccccn1.OB(O)O. The van der Waals surface area contributed by atoms with E-state index in [1.54, 1.807) is 40.0 Å². The van der Waals surface area contributed by atoms with E-state index in [0.717, 1.165) is 0 Å². The molecule has 1 aromatic rings. The quantitative estimate of drug-likeness (QED) is 0.366. The highest BCUT2D eigenvalue weighted by atomic mass is 16.5. The third kappa shape index (κ3) is 14.8. The summed E-state index contributed by atoms with van der Waals surface area (Å²) in [4.78, 5) is 3.76. The molecule has 0 aliphatic carbocycles. The fraction of sp³-hybridized carbons (Fsp3) is 0.545. The Morgan fingerprint density at radius 1 is 1.00 bits per heavy atom. The maximum Gasteiger partial charge on any atom is 0.631 e. The minimum Gasteiger partial charge on any atom is -0.402 e. The average Bonchev–Trinajstić information content (AvgIpc) is 2.15. The van der Waals surface area contributed by atoms with E-state index in [1.807, 2.05) is 12.1 Å². The molecule has 8 heteroatoms. The van der Waals surface area contributed by atoms with Crippen molar-refractivity contribution in [1.82, 2.24) is 4.98 Å². The lowest BCUT2D eigenvalue weighted by Gasteiger charge is -2.31. The average molecular weight is 274 g/mol. The van der Waals surface area contributed by atoms with Gasteiger partial charge in [-0.2, -0.15) is 0 Å². The summed E-state index contributed by atoms with van der Waals surface area (Å²) in [7, 11) is -2.17. The van der Waals surface area contributed by atoms with Gasteiger partial charge in [-0.25, -0.2) is 4.98 Å². The van der Waals surface area contributed by atoms with E-state index in [4.69, 9.17) is 31.0 Å². The zero-order valence-corrected chi connectivity index (χ0v) is 11.6. The maximum atomic E-state index is 9.10. The number of nitrogens with two attached hydrogens (primary N) is 1. The van der Waals surface area contributed by atoms with Gasteiger partial charge in [0, 0.05) is 6.20 Å². The number of pyridine rings is 1. The zero-order chi connectivity index (χ0) is 15.7. The second kappa shape index (κ2) is 8.84. The van der Waals surface area contributed by atoms with Crippen molar-refractivity contribution in [2.75, 3.05) is 5.73 Å². The molecular formula is C11H23BN2O5. The van der Waals surface area contributed by atoms with Crippen LogP contribution in [0.2, 0.25) is 0 Å². The number of nitrogens with zero attached hydrogens (tertiary/aromatic N) is 1. The molecule has 0 bridgehead atoms. The molecule has 1 rings (SSSR count). The second-order valence-electron chi connectivity index (χ2n) is 4.72. The molecule has 0 aliphatic heterocycles. The van der Waals surface area contributed by atoms with Crippen LogP contribution in [0.4, 0.5) is 5.82 Å². The molecule has 1 heterocycles. The van der Waals surface area contributed by atoms with Crippen molar-refractivity contribution in [3.8, 4) is 0 Å². The first-order valence-electron chi connectivity index (χ1n) is 5.53. The summed E-state index contributed by atoms with van der Waals surface area (Å²) in [5, 5.41) is 39.7. The molecule has 0 radical (unpaired) electrons. The molecule has 0 atom stereocenters. The van der Waals surface area contributed by atoms with Crippen LogP contribution in [0.5, 0.6) is 0 Å². The van der Waals surface area contributed by atoms with Crippen molar-refractivity contribution in [3.05, 3.63) is 24.4 Å². The molecule has 19 heavy (non-hydrogen) atoms. The Balaban J connectivity index is 0. The number of hydrogen-bond acceptors (Lipinski definition) is 7. The lowest BCUT2D eigenvalue weighted by molar-refractivity contribution is -0.107. The van der Waals surface area contributed by atoms with Gasteiger partial charge in [0.25, 0.3) is 0 Å². The van der Waals surface area contributed by atoms with Crippen molar-refractivity contribution in [3.63, 3.8) is 0 Å². The Bertz CT molecular complexity index is 307. The molecule has 0 aromatic carbocycles. The normalized spacial score (nSPS) is 10.6.